The molecule has 0 rings (SSSR count). The number of hydrogen-bond acceptors (Lipinski definition) is 4. The van der Waals surface area contributed by atoms with Crippen molar-refractivity contribution in [3.05, 3.63) is 24.3 Å². The first-order valence-electron chi connectivity index (χ1n) is 25.6. The van der Waals surface area contributed by atoms with E-state index in [-0.39, 0.29) is 12.5 Å². The minimum Gasteiger partial charge on any atom is -0.394 e. The van der Waals surface area contributed by atoms with Crippen molar-refractivity contribution in [2.24, 2.45) is 0 Å². The second-order valence-corrected chi connectivity index (χ2v) is 17.7. The Labute approximate surface area is 356 Å². The maximum Gasteiger partial charge on any atom is 0.220 e. The van der Waals surface area contributed by atoms with Gasteiger partial charge in [-0.15, -0.1) is 0 Å². The Kier molecular flexibility index (Phi) is 46.5. The summed E-state index contributed by atoms with van der Waals surface area (Å²) in [5.74, 6) is -0.153. The first-order chi connectivity index (χ1) is 28.1. The third kappa shape index (κ3) is 42.8. The van der Waals surface area contributed by atoms with E-state index in [4.69, 9.17) is 0 Å². The van der Waals surface area contributed by atoms with Crippen LogP contribution < -0.4 is 5.32 Å². The second kappa shape index (κ2) is 47.5. The van der Waals surface area contributed by atoms with Gasteiger partial charge in [-0.1, -0.05) is 244 Å². The van der Waals surface area contributed by atoms with Crippen molar-refractivity contribution in [3.8, 4) is 0 Å². The lowest BCUT2D eigenvalue weighted by molar-refractivity contribution is -0.124. The fourth-order valence-corrected chi connectivity index (χ4v) is 8.06. The molecule has 0 aromatic heterocycles. The van der Waals surface area contributed by atoms with Crippen LogP contribution in [0.15, 0.2) is 24.3 Å². The molecule has 5 nitrogen and oxygen atoms in total. The zero-order valence-corrected chi connectivity index (χ0v) is 38.5. The Balaban J connectivity index is 3.61. The van der Waals surface area contributed by atoms with Crippen LogP contribution in [0.5, 0.6) is 0 Å². The molecule has 0 saturated heterocycles. The monoisotopic (exact) mass is 804 g/mol. The zero-order valence-electron chi connectivity index (χ0n) is 38.5. The molecule has 0 saturated carbocycles. The number of carbonyl (C=O) groups excluding carboxylic acids is 1. The van der Waals surface area contributed by atoms with E-state index >= 15 is 0 Å². The van der Waals surface area contributed by atoms with Gasteiger partial charge in [-0.3, -0.25) is 4.79 Å². The van der Waals surface area contributed by atoms with E-state index in [9.17, 15) is 20.1 Å². The van der Waals surface area contributed by atoms with E-state index in [0.29, 0.717) is 12.8 Å². The molecular weight excluding hydrogens is 703 g/mol. The molecule has 0 aliphatic carbocycles. The molecule has 0 spiro atoms. The lowest BCUT2D eigenvalue weighted by atomic mass is 10.0. The summed E-state index contributed by atoms with van der Waals surface area (Å²) in [4.78, 5) is 12.5. The van der Waals surface area contributed by atoms with Crippen LogP contribution in [0.25, 0.3) is 0 Å². The first-order valence-corrected chi connectivity index (χ1v) is 25.6. The van der Waals surface area contributed by atoms with Crippen LogP contribution in [0.3, 0.4) is 0 Å². The van der Waals surface area contributed by atoms with Crippen molar-refractivity contribution in [1.82, 2.24) is 5.32 Å². The Morgan fingerprint density at radius 3 is 1.07 bits per heavy atom. The molecule has 338 valence electrons. The van der Waals surface area contributed by atoms with Gasteiger partial charge in [-0.05, 0) is 51.4 Å². The van der Waals surface area contributed by atoms with Crippen LogP contribution in [-0.4, -0.2) is 46.1 Å². The molecule has 0 aromatic rings. The van der Waals surface area contributed by atoms with Crippen molar-refractivity contribution < 1.29 is 20.1 Å². The van der Waals surface area contributed by atoms with E-state index in [1.165, 1.54) is 205 Å². The molecule has 5 heteroatoms. The van der Waals surface area contributed by atoms with E-state index in [1.54, 1.807) is 0 Å². The molecular formula is C52H101NO4. The predicted molar refractivity (Wildman–Crippen MR) is 250 cm³/mol. The quantitative estimate of drug-likeness (QED) is 0.0364. The lowest BCUT2D eigenvalue weighted by Crippen LogP contribution is -2.50. The smallest absolute Gasteiger partial charge is 0.220 e. The summed E-state index contributed by atoms with van der Waals surface area (Å²) in [5, 5.41) is 33.6. The number of unbranched alkanes of at least 4 members (excludes halogenated alkanes) is 35. The molecule has 3 unspecified atom stereocenters. The maximum atomic E-state index is 12.5. The summed E-state index contributed by atoms with van der Waals surface area (Å²) < 4.78 is 0. The van der Waals surface area contributed by atoms with Crippen LogP contribution in [0.4, 0.5) is 0 Å². The van der Waals surface area contributed by atoms with E-state index in [0.717, 1.165) is 44.9 Å². The summed E-state index contributed by atoms with van der Waals surface area (Å²) in [6.07, 6.45) is 58.8. The van der Waals surface area contributed by atoms with Crippen molar-refractivity contribution in [2.75, 3.05) is 6.61 Å². The summed E-state index contributed by atoms with van der Waals surface area (Å²) in [6, 6.07) is -0.829. The Hall–Kier alpha value is -1.17. The molecule has 4 N–H and O–H groups in total. The fraction of sp³-hybridized carbons (Fsp3) is 0.904. The van der Waals surface area contributed by atoms with E-state index in [1.807, 2.05) is 0 Å². The van der Waals surface area contributed by atoms with Gasteiger partial charge in [0.1, 0.15) is 6.10 Å². The van der Waals surface area contributed by atoms with Crippen molar-refractivity contribution >= 4 is 5.91 Å². The largest absolute Gasteiger partial charge is 0.394 e. The van der Waals surface area contributed by atoms with Crippen molar-refractivity contribution in [2.45, 2.75) is 295 Å². The highest BCUT2D eigenvalue weighted by Gasteiger charge is 2.26. The van der Waals surface area contributed by atoms with Crippen LogP contribution >= 0.6 is 0 Å². The third-order valence-electron chi connectivity index (χ3n) is 12.0. The Bertz CT molecular complexity index is 844. The molecule has 1 amide bonds. The van der Waals surface area contributed by atoms with Crippen molar-refractivity contribution in [3.63, 3.8) is 0 Å². The van der Waals surface area contributed by atoms with Gasteiger partial charge in [0.2, 0.25) is 5.91 Å². The first kappa shape index (κ1) is 55.8. The van der Waals surface area contributed by atoms with Gasteiger partial charge in [-0.25, -0.2) is 0 Å². The standard InChI is InChI=1S/C52H101NO4/c1-3-5-7-9-11-13-15-17-19-21-23-25-27-29-31-33-35-37-39-41-43-45-47-51(56)53-49(48-54)52(57)50(55)46-44-42-40-38-36-34-32-30-28-26-24-22-20-18-16-14-12-10-8-6-4-2/h30,32,38,40,49-50,52,54-55,57H,3-29,31,33-37,39,41-48H2,1-2H3,(H,53,56)/b32-30+,40-38+. The van der Waals surface area contributed by atoms with Crippen molar-refractivity contribution in [1.29, 1.82) is 0 Å². The van der Waals surface area contributed by atoms with Gasteiger partial charge in [-0.2, -0.15) is 0 Å². The molecule has 0 aromatic carbocycles. The second-order valence-electron chi connectivity index (χ2n) is 17.7. The molecule has 0 aliphatic rings. The van der Waals surface area contributed by atoms with Gasteiger partial charge in [0.25, 0.3) is 0 Å². The predicted octanol–water partition coefficient (Wildman–Crippen LogP) is 15.3. The summed E-state index contributed by atoms with van der Waals surface area (Å²) >= 11 is 0. The van der Waals surface area contributed by atoms with Crippen LogP contribution in [0.2, 0.25) is 0 Å². The zero-order chi connectivity index (χ0) is 41.5. The topological polar surface area (TPSA) is 89.8 Å². The fourth-order valence-electron chi connectivity index (χ4n) is 8.06. The molecule has 0 heterocycles. The summed E-state index contributed by atoms with van der Waals surface area (Å²) in [6.45, 7) is 4.19. The van der Waals surface area contributed by atoms with Gasteiger partial charge < -0.3 is 20.6 Å². The Morgan fingerprint density at radius 2 is 0.719 bits per heavy atom. The van der Waals surface area contributed by atoms with Crippen LogP contribution in [0.1, 0.15) is 277 Å². The number of hydrogen-bond donors (Lipinski definition) is 4. The number of nitrogens with one attached hydrogen (secondary N) is 1. The Morgan fingerprint density at radius 1 is 0.421 bits per heavy atom. The summed E-state index contributed by atoms with van der Waals surface area (Å²) in [7, 11) is 0. The normalized spacial score (nSPS) is 13.6. The third-order valence-corrected chi connectivity index (χ3v) is 12.0. The van der Waals surface area contributed by atoms with Crippen LogP contribution in [-0.2, 0) is 4.79 Å². The molecule has 0 radical (unpaired) electrons. The highest BCUT2D eigenvalue weighted by Crippen LogP contribution is 2.17. The van der Waals surface area contributed by atoms with Gasteiger partial charge in [0.15, 0.2) is 0 Å². The lowest BCUT2D eigenvalue weighted by Gasteiger charge is -2.26. The molecule has 0 bridgehead atoms. The molecule has 0 aliphatic heterocycles. The van der Waals surface area contributed by atoms with Gasteiger partial charge >= 0.3 is 0 Å². The number of aliphatic hydroxyl groups is 3. The number of carbonyl (C=O) groups is 1. The average molecular weight is 804 g/mol. The average Bonchev–Trinajstić information content (AvgIpc) is 3.22. The number of allylic oxidation sites excluding steroid dienone is 4. The van der Waals surface area contributed by atoms with E-state index < -0.39 is 18.2 Å². The number of aliphatic hydroxyl groups excluding tert-OH is 3. The summed E-state index contributed by atoms with van der Waals surface area (Å²) in [5.41, 5.74) is 0. The van der Waals surface area contributed by atoms with E-state index in [2.05, 4.69) is 43.5 Å². The maximum absolute atomic E-state index is 12.5. The molecule has 0 fully saturated rings. The molecule has 57 heavy (non-hydrogen) atoms. The minimum absolute atomic E-state index is 0.153. The highest BCUT2D eigenvalue weighted by atomic mass is 16.3. The minimum atomic E-state index is -1.16. The molecule has 3 atom stereocenters. The van der Waals surface area contributed by atoms with Gasteiger partial charge in [0.05, 0.1) is 18.8 Å². The number of amides is 1. The number of rotatable bonds is 47. The van der Waals surface area contributed by atoms with Gasteiger partial charge in [0, 0.05) is 6.42 Å². The highest BCUT2D eigenvalue weighted by molar-refractivity contribution is 5.76. The SMILES string of the molecule is CCCCCCCCCCCCCC/C=C/CC/C=C/CCCC(O)C(O)C(CO)NC(=O)CCCCCCCCCCCCCCCCCCCCCCCC. The van der Waals surface area contributed by atoms with Crippen LogP contribution in [0, 0.1) is 0 Å².